The highest BCUT2D eigenvalue weighted by molar-refractivity contribution is 7.91. The minimum atomic E-state index is -3.83. The highest BCUT2D eigenvalue weighted by Gasteiger charge is 2.17. The third kappa shape index (κ3) is 2.52. The van der Waals surface area contributed by atoms with Crippen LogP contribution in [0.1, 0.15) is 5.56 Å². The monoisotopic (exact) mass is 321 g/mol. The first kappa shape index (κ1) is 13.7. The Morgan fingerprint density at radius 3 is 2.67 bits per heavy atom. The van der Waals surface area contributed by atoms with E-state index in [0.29, 0.717) is 11.2 Å². The molecule has 2 aromatic heterocycles. The van der Waals surface area contributed by atoms with Crippen molar-refractivity contribution in [3.8, 4) is 0 Å². The Balaban J connectivity index is 2.06. The fourth-order valence-corrected chi connectivity index (χ4v) is 3.12. The van der Waals surface area contributed by atoms with Crippen LogP contribution in [0.15, 0.2) is 36.9 Å². The molecule has 0 aliphatic carbocycles. The summed E-state index contributed by atoms with van der Waals surface area (Å²) in [6.45, 7) is 1.93. The zero-order valence-corrected chi connectivity index (χ0v) is 12.6. The lowest BCUT2D eigenvalue weighted by Crippen LogP contribution is -2.21. The lowest BCUT2D eigenvalue weighted by atomic mass is 10.2. The lowest BCUT2D eigenvalue weighted by molar-refractivity contribution is 0.594. The summed E-state index contributed by atoms with van der Waals surface area (Å²) in [6, 6.07) is 7.02. The summed E-state index contributed by atoms with van der Waals surface area (Å²) in [7, 11) is -3.83. The van der Waals surface area contributed by atoms with E-state index < -0.39 is 10.2 Å². The Labute approximate surface area is 125 Å². The molecule has 3 aromatic rings. The molecule has 108 valence electrons. The molecule has 0 aliphatic heterocycles. The molecule has 0 unspecified atom stereocenters. The maximum atomic E-state index is 12.4. The molecular weight excluding hydrogens is 310 g/mol. The summed E-state index contributed by atoms with van der Waals surface area (Å²) in [4.78, 5) is 10.6. The number of benzene rings is 1. The van der Waals surface area contributed by atoms with Crippen molar-refractivity contribution < 1.29 is 8.42 Å². The van der Waals surface area contributed by atoms with Gasteiger partial charge in [-0.3, -0.25) is 4.72 Å². The predicted octanol–water partition coefficient (Wildman–Crippen LogP) is 2.00. The number of aryl methyl sites for hydroxylation is 1. The van der Waals surface area contributed by atoms with Crippen molar-refractivity contribution in [1.82, 2.24) is 18.9 Å². The zero-order valence-electron chi connectivity index (χ0n) is 10.9. The summed E-state index contributed by atoms with van der Waals surface area (Å²) in [5.74, 6) is 0. The number of fused-ring (bicyclic) bond motifs is 1. The van der Waals surface area contributed by atoms with Crippen LogP contribution in [-0.2, 0) is 10.2 Å². The van der Waals surface area contributed by atoms with Gasteiger partial charge in [0, 0.05) is 0 Å². The fourth-order valence-electron chi connectivity index (χ4n) is 1.84. The van der Waals surface area contributed by atoms with Crippen LogP contribution in [0.3, 0.4) is 0 Å². The standard InChI is InChI=1S/C12H11N5O2S2/c1-8-2-4-9(5-3-8)16-21(18,19)17-7-15-10-11(17)13-6-14-12(10)20/h2-7,16H,1H3,(H,13,14,20). The van der Waals surface area contributed by atoms with Crippen molar-refractivity contribution in [2.45, 2.75) is 6.92 Å². The summed E-state index contributed by atoms with van der Waals surface area (Å²) < 4.78 is 28.5. The molecule has 0 saturated heterocycles. The molecule has 1 aromatic carbocycles. The van der Waals surface area contributed by atoms with E-state index in [0.717, 1.165) is 9.54 Å². The number of aromatic amines is 1. The number of nitrogens with zero attached hydrogens (tertiary/aromatic N) is 3. The third-order valence-corrected chi connectivity index (χ3v) is 4.47. The molecule has 2 heterocycles. The minimum absolute atomic E-state index is 0.244. The van der Waals surface area contributed by atoms with E-state index in [2.05, 4.69) is 19.7 Å². The van der Waals surface area contributed by atoms with Crippen LogP contribution in [-0.4, -0.2) is 27.3 Å². The molecule has 9 heteroatoms. The van der Waals surface area contributed by atoms with Gasteiger partial charge in [0.1, 0.15) is 11.8 Å². The largest absolute Gasteiger partial charge is 0.330 e. The molecular formula is C12H11N5O2S2. The second kappa shape index (κ2) is 4.93. The Hall–Kier alpha value is -2.26. The molecule has 0 saturated carbocycles. The van der Waals surface area contributed by atoms with Gasteiger partial charge in [0.2, 0.25) is 0 Å². The van der Waals surface area contributed by atoms with E-state index in [9.17, 15) is 8.42 Å². The average molecular weight is 321 g/mol. The zero-order chi connectivity index (χ0) is 15.0. The summed E-state index contributed by atoms with van der Waals surface area (Å²) in [6.07, 6.45) is 2.53. The molecule has 3 rings (SSSR count). The SMILES string of the molecule is Cc1ccc(NS(=O)(=O)n2cnc3c(=S)nc[nH]c32)cc1. The van der Waals surface area contributed by atoms with Crippen molar-refractivity contribution in [2.75, 3.05) is 4.72 Å². The van der Waals surface area contributed by atoms with Gasteiger partial charge in [-0.15, -0.1) is 0 Å². The van der Waals surface area contributed by atoms with Gasteiger partial charge in [-0.2, -0.15) is 12.4 Å². The van der Waals surface area contributed by atoms with Crippen LogP contribution in [0.25, 0.3) is 11.2 Å². The average Bonchev–Trinajstić information content (AvgIpc) is 2.87. The molecule has 0 amide bonds. The first-order valence-corrected chi connectivity index (χ1v) is 7.83. The smallest absolute Gasteiger partial charge is 0.330 e. The number of imidazole rings is 1. The second-order valence-electron chi connectivity index (χ2n) is 4.42. The number of hydrogen-bond acceptors (Lipinski definition) is 5. The number of anilines is 1. The van der Waals surface area contributed by atoms with Gasteiger partial charge in [0.25, 0.3) is 0 Å². The number of nitrogens with one attached hydrogen (secondary N) is 2. The van der Waals surface area contributed by atoms with Crippen LogP contribution >= 0.6 is 12.2 Å². The van der Waals surface area contributed by atoms with Gasteiger partial charge in [0.15, 0.2) is 10.3 Å². The van der Waals surface area contributed by atoms with Crippen molar-refractivity contribution in [3.05, 3.63) is 47.1 Å². The van der Waals surface area contributed by atoms with E-state index >= 15 is 0 Å². The molecule has 0 bridgehead atoms. The van der Waals surface area contributed by atoms with Crippen LogP contribution in [0.5, 0.6) is 0 Å². The maximum Gasteiger partial charge on any atom is 0.330 e. The number of H-pyrrole nitrogens is 1. The van der Waals surface area contributed by atoms with Crippen molar-refractivity contribution >= 4 is 39.3 Å². The molecule has 7 nitrogen and oxygen atoms in total. The van der Waals surface area contributed by atoms with Gasteiger partial charge in [-0.1, -0.05) is 29.9 Å². The molecule has 21 heavy (non-hydrogen) atoms. The number of aromatic nitrogens is 4. The lowest BCUT2D eigenvalue weighted by Gasteiger charge is -2.09. The molecule has 2 N–H and O–H groups in total. The third-order valence-electron chi connectivity index (χ3n) is 2.88. The van der Waals surface area contributed by atoms with Gasteiger partial charge < -0.3 is 4.98 Å². The summed E-state index contributed by atoms with van der Waals surface area (Å²) >= 11 is 5.01. The topological polar surface area (TPSA) is 92.7 Å². The summed E-state index contributed by atoms with van der Waals surface area (Å²) in [5.41, 5.74) is 2.12. The first-order chi connectivity index (χ1) is 9.97. The van der Waals surface area contributed by atoms with E-state index in [-0.39, 0.29) is 10.3 Å². The second-order valence-corrected chi connectivity index (χ2v) is 6.35. The highest BCUT2D eigenvalue weighted by atomic mass is 32.2. The van der Waals surface area contributed by atoms with Crippen molar-refractivity contribution in [2.24, 2.45) is 0 Å². The van der Waals surface area contributed by atoms with Crippen molar-refractivity contribution in [3.63, 3.8) is 0 Å². The highest BCUT2D eigenvalue weighted by Crippen LogP contribution is 2.16. The Morgan fingerprint density at radius 1 is 1.24 bits per heavy atom. The number of hydrogen-bond donors (Lipinski definition) is 2. The Kier molecular flexibility index (Phi) is 3.22. The molecule has 0 spiro atoms. The molecule has 0 fully saturated rings. The fraction of sp³-hybridized carbons (Fsp3) is 0.0833. The summed E-state index contributed by atoms with van der Waals surface area (Å²) in [5, 5.41) is 0. The quantitative estimate of drug-likeness (QED) is 0.720. The predicted molar refractivity (Wildman–Crippen MR) is 81.8 cm³/mol. The van der Waals surface area contributed by atoms with E-state index in [1.54, 1.807) is 12.1 Å². The number of rotatable bonds is 3. The Morgan fingerprint density at radius 2 is 1.95 bits per heavy atom. The van der Waals surface area contributed by atoms with Gasteiger partial charge >= 0.3 is 10.2 Å². The van der Waals surface area contributed by atoms with E-state index in [4.69, 9.17) is 12.2 Å². The van der Waals surface area contributed by atoms with Crippen LogP contribution in [0, 0.1) is 11.6 Å². The maximum absolute atomic E-state index is 12.4. The Bertz CT molecular complexity index is 957. The van der Waals surface area contributed by atoms with Crippen LogP contribution in [0.4, 0.5) is 5.69 Å². The van der Waals surface area contributed by atoms with Crippen molar-refractivity contribution in [1.29, 1.82) is 0 Å². The molecule has 0 aliphatic rings. The van der Waals surface area contributed by atoms with Gasteiger partial charge in [0.05, 0.1) is 12.0 Å². The molecule has 0 radical (unpaired) electrons. The van der Waals surface area contributed by atoms with Crippen LogP contribution < -0.4 is 4.72 Å². The van der Waals surface area contributed by atoms with E-state index in [1.807, 2.05) is 19.1 Å². The minimum Gasteiger partial charge on any atom is -0.330 e. The van der Waals surface area contributed by atoms with E-state index in [1.165, 1.54) is 12.7 Å². The molecule has 0 atom stereocenters. The normalized spacial score (nSPS) is 11.7. The van der Waals surface area contributed by atoms with Crippen LogP contribution in [0.2, 0.25) is 0 Å². The van der Waals surface area contributed by atoms with Gasteiger partial charge in [-0.05, 0) is 19.1 Å². The first-order valence-electron chi connectivity index (χ1n) is 5.98. The van der Waals surface area contributed by atoms with Gasteiger partial charge in [-0.25, -0.2) is 9.97 Å².